The smallest absolute Gasteiger partial charge is 0.245 e. The Morgan fingerprint density at radius 1 is 1.19 bits per heavy atom. The maximum Gasteiger partial charge on any atom is 0.245 e. The summed E-state index contributed by atoms with van der Waals surface area (Å²) in [6.45, 7) is 9.90. The number of pyridine rings is 1. The summed E-state index contributed by atoms with van der Waals surface area (Å²) in [6, 6.07) is 7.26. The van der Waals surface area contributed by atoms with Gasteiger partial charge in [0, 0.05) is 55.1 Å². The zero-order valence-corrected chi connectivity index (χ0v) is 24.8. The van der Waals surface area contributed by atoms with E-state index in [9.17, 15) is 10.1 Å². The molecule has 6 heterocycles. The lowest BCUT2D eigenvalue weighted by Crippen LogP contribution is -2.73. The molecule has 2 aromatic heterocycles. The first-order chi connectivity index (χ1) is 21.0. The second kappa shape index (κ2) is 9.98. The third-order valence-corrected chi connectivity index (χ3v) is 10.4. The van der Waals surface area contributed by atoms with E-state index in [-0.39, 0.29) is 11.3 Å². The number of aromatic amines is 1. The Labute approximate surface area is 251 Å². The van der Waals surface area contributed by atoms with Gasteiger partial charge >= 0.3 is 0 Å². The maximum absolute atomic E-state index is 12.1. The van der Waals surface area contributed by atoms with Crippen molar-refractivity contribution in [2.45, 2.75) is 50.6 Å². The monoisotopic (exact) mass is 578 g/mol. The highest BCUT2D eigenvalue weighted by Gasteiger charge is 2.54. The van der Waals surface area contributed by atoms with Gasteiger partial charge in [-0.2, -0.15) is 10.4 Å². The predicted molar refractivity (Wildman–Crippen MR) is 164 cm³/mol. The Morgan fingerprint density at radius 2 is 2.02 bits per heavy atom. The molecule has 1 aliphatic carbocycles. The van der Waals surface area contributed by atoms with Gasteiger partial charge in [0.05, 0.1) is 35.3 Å². The van der Waals surface area contributed by atoms with E-state index in [1.807, 2.05) is 11.1 Å². The lowest BCUT2D eigenvalue weighted by Gasteiger charge is -2.61. The SMILES string of the molecule is C=CC(=O)N1CC2(C1)CN(c1c(C#N)c(OC[C@@H]3CCCN3C)nc3c1CCN(c1c(C4CC4)ccc4[nH]ncc14)C3)C2. The number of ether oxygens (including phenoxy) is 1. The minimum absolute atomic E-state index is 0.00560. The van der Waals surface area contributed by atoms with Crippen molar-refractivity contribution in [1.82, 2.24) is 25.0 Å². The number of hydrogen-bond acceptors (Lipinski definition) is 8. The van der Waals surface area contributed by atoms with E-state index in [0.29, 0.717) is 36.6 Å². The van der Waals surface area contributed by atoms with Gasteiger partial charge in [-0.1, -0.05) is 12.6 Å². The molecule has 4 fully saturated rings. The fourth-order valence-corrected chi connectivity index (χ4v) is 7.91. The number of benzene rings is 1. The molecule has 1 atom stereocenters. The maximum atomic E-state index is 12.1. The first-order valence-corrected chi connectivity index (χ1v) is 15.6. The summed E-state index contributed by atoms with van der Waals surface area (Å²) in [7, 11) is 2.14. The molecule has 3 saturated heterocycles. The summed E-state index contributed by atoms with van der Waals surface area (Å²) in [5.74, 6) is 1.06. The molecule has 1 spiro atoms. The van der Waals surface area contributed by atoms with Crippen LogP contribution >= 0.6 is 0 Å². The van der Waals surface area contributed by atoms with Crippen molar-refractivity contribution in [2.75, 3.05) is 62.7 Å². The van der Waals surface area contributed by atoms with Crippen LogP contribution in [-0.2, 0) is 17.8 Å². The number of amides is 1. The van der Waals surface area contributed by atoms with Crippen molar-refractivity contribution in [1.29, 1.82) is 5.26 Å². The van der Waals surface area contributed by atoms with Crippen molar-refractivity contribution >= 4 is 28.2 Å². The molecule has 0 unspecified atom stereocenters. The van der Waals surface area contributed by atoms with E-state index in [0.717, 1.165) is 80.8 Å². The molecule has 1 amide bonds. The minimum Gasteiger partial charge on any atom is -0.475 e. The van der Waals surface area contributed by atoms with E-state index in [1.54, 1.807) is 0 Å². The van der Waals surface area contributed by atoms with E-state index in [2.05, 4.69) is 56.7 Å². The normalized spacial score (nSPS) is 22.7. The molecule has 43 heavy (non-hydrogen) atoms. The highest BCUT2D eigenvalue weighted by atomic mass is 16.5. The molecule has 1 N–H and O–H groups in total. The van der Waals surface area contributed by atoms with E-state index < -0.39 is 0 Å². The number of hydrogen-bond donors (Lipinski definition) is 1. The largest absolute Gasteiger partial charge is 0.475 e. The predicted octanol–water partition coefficient (Wildman–Crippen LogP) is 3.58. The van der Waals surface area contributed by atoms with Crippen molar-refractivity contribution in [3.05, 3.63) is 53.4 Å². The average Bonchev–Trinajstić information content (AvgIpc) is 3.57. The number of rotatable bonds is 7. The minimum atomic E-state index is -0.00560. The van der Waals surface area contributed by atoms with Crippen molar-refractivity contribution < 1.29 is 9.53 Å². The molecule has 10 heteroatoms. The average molecular weight is 579 g/mol. The van der Waals surface area contributed by atoms with E-state index in [1.165, 1.54) is 35.7 Å². The highest BCUT2D eigenvalue weighted by Crippen LogP contribution is 2.49. The molecule has 222 valence electrons. The van der Waals surface area contributed by atoms with Crippen molar-refractivity contribution in [2.24, 2.45) is 5.41 Å². The first-order valence-electron chi connectivity index (χ1n) is 15.6. The Kier molecular flexibility index (Phi) is 6.16. The second-order valence-electron chi connectivity index (χ2n) is 13.3. The summed E-state index contributed by atoms with van der Waals surface area (Å²) >= 11 is 0. The molecule has 0 bridgehead atoms. The van der Waals surface area contributed by atoms with Crippen LogP contribution in [-0.4, -0.2) is 89.9 Å². The molecule has 10 nitrogen and oxygen atoms in total. The molecule has 1 saturated carbocycles. The number of carbonyl (C=O) groups excluding carboxylic acids is 1. The number of likely N-dealkylation sites (N-methyl/N-ethyl adjacent to an activating group) is 1. The second-order valence-corrected chi connectivity index (χ2v) is 13.3. The van der Waals surface area contributed by atoms with Gasteiger partial charge in [0.2, 0.25) is 11.8 Å². The highest BCUT2D eigenvalue weighted by molar-refractivity contribution is 5.94. The number of aromatic nitrogens is 3. The van der Waals surface area contributed by atoms with E-state index >= 15 is 0 Å². The quantitative estimate of drug-likeness (QED) is 0.425. The molecule has 4 aliphatic heterocycles. The van der Waals surface area contributed by atoms with Crippen LogP contribution in [0.5, 0.6) is 5.88 Å². The number of fused-ring (bicyclic) bond motifs is 2. The molecule has 5 aliphatic rings. The van der Waals surface area contributed by atoms with Gasteiger partial charge in [0.1, 0.15) is 18.2 Å². The lowest BCUT2D eigenvalue weighted by atomic mass is 9.72. The molecular weight excluding hydrogens is 540 g/mol. The van der Waals surface area contributed by atoms with Gasteiger partial charge in [0.25, 0.3) is 0 Å². The van der Waals surface area contributed by atoms with Gasteiger partial charge in [-0.05, 0) is 69.3 Å². The van der Waals surface area contributed by atoms with Gasteiger partial charge in [-0.15, -0.1) is 0 Å². The van der Waals surface area contributed by atoms with Gasteiger partial charge in [-0.3, -0.25) is 9.89 Å². The Balaban J connectivity index is 1.14. The van der Waals surface area contributed by atoms with Crippen LogP contribution in [0.1, 0.15) is 54.0 Å². The van der Waals surface area contributed by atoms with Crippen LogP contribution in [0, 0.1) is 16.7 Å². The number of carbonyl (C=O) groups is 1. The van der Waals surface area contributed by atoms with Crippen LogP contribution in [0.2, 0.25) is 0 Å². The van der Waals surface area contributed by atoms with Crippen LogP contribution in [0.25, 0.3) is 10.9 Å². The summed E-state index contributed by atoms with van der Waals surface area (Å²) in [4.78, 5) is 26.2. The Bertz CT molecular complexity index is 1660. The fourth-order valence-electron chi connectivity index (χ4n) is 7.91. The summed E-state index contributed by atoms with van der Waals surface area (Å²) in [5, 5.41) is 19.2. The van der Waals surface area contributed by atoms with Crippen LogP contribution < -0.4 is 14.5 Å². The van der Waals surface area contributed by atoms with Gasteiger partial charge in [0.15, 0.2) is 0 Å². The number of anilines is 2. The zero-order chi connectivity index (χ0) is 29.3. The molecule has 8 rings (SSSR count). The fraction of sp³-hybridized carbons (Fsp3) is 0.515. The summed E-state index contributed by atoms with van der Waals surface area (Å²) in [5.41, 5.74) is 7.52. The van der Waals surface area contributed by atoms with Gasteiger partial charge < -0.3 is 24.3 Å². The molecule has 1 aromatic carbocycles. The third kappa shape index (κ3) is 4.36. The van der Waals surface area contributed by atoms with Gasteiger partial charge in [-0.25, -0.2) is 4.98 Å². The number of likely N-dealkylation sites (tertiary alicyclic amines) is 2. The molecular formula is C33H38N8O2. The summed E-state index contributed by atoms with van der Waals surface area (Å²) in [6.07, 6.45) is 8.88. The molecule has 0 radical (unpaired) electrons. The van der Waals surface area contributed by atoms with E-state index in [4.69, 9.17) is 9.72 Å². The van der Waals surface area contributed by atoms with Crippen LogP contribution in [0.15, 0.2) is 31.0 Å². The standard InChI is InChI=1S/C33H38N8O2/c1-3-29(42)40-17-33(18-40)19-41(20-33)31-24-10-12-39(30-23(21-6-7-21)8-9-27-26(30)14-35-37-27)15-28(24)36-32(25(31)13-34)43-16-22-5-4-11-38(22)2/h3,8-9,14,21-22H,1,4-7,10-12,15-20H2,2H3,(H,35,37)/t22-/m0/s1. The molecule has 3 aromatic rings. The number of nitrogens with one attached hydrogen (secondary N) is 1. The first kappa shape index (κ1) is 26.5. The Hall–Kier alpha value is -4.10. The van der Waals surface area contributed by atoms with Crippen molar-refractivity contribution in [3.63, 3.8) is 0 Å². The topological polar surface area (TPSA) is 105 Å². The lowest BCUT2D eigenvalue weighted by molar-refractivity contribution is -0.139. The Morgan fingerprint density at radius 3 is 2.74 bits per heavy atom. The summed E-state index contributed by atoms with van der Waals surface area (Å²) < 4.78 is 6.43. The number of H-pyrrole nitrogens is 1. The number of nitrogens with zero attached hydrogens (tertiary/aromatic N) is 7. The number of nitriles is 1. The van der Waals surface area contributed by atoms with Crippen LogP contribution in [0.4, 0.5) is 11.4 Å². The third-order valence-electron chi connectivity index (χ3n) is 10.4. The van der Waals surface area contributed by atoms with Crippen molar-refractivity contribution in [3.8, 4) is 11.9 Å². The van der Waals surface area contributed by atoms with Crippen LogP contribution in [0.3, 0.4) is 0 Å². The zero-order valence-electron chi connectivity index (χ0n) is 24.8.